The van der Waals surface area contributed by atoms with E-state index >= 15 is 0 Å². The van der Waals surface area contributed by atoms with E-state index in [1.807, 2.05) is 0 Å². The summed E-state index contributed by atoms with van der Waals surface area (Å²) in [7, 11) is -4.96. The highest BCUT2D eigenvalue weighted by Crippen LogP contribution is 2.22. The summed E-state index contributed by atoms with van der Waals surface area (Å²) in [4.78, 5) is 0. The minimum atomic E-state index is -3.65. The van der Waals surface area contributed by atoms with E-state index in [1.165, 1.54) is 27.3 Å². The first-order valence-electron chi connectivity index (χ1n) is 2.85. The molecule has 2 nitrogen and oxygen atoms in total. The van der Waals surface area contributed by atoms with Gasteiger partial charge in [0.2, 0.25) is 0 Å². The molecule has 6 heteroatoms. The van der Waals surface area contributed by atoms with Gasteiger partial charge in [-0.25, -0.2) is 0 Å². The Morgan fingerprint density at radius 1 is 0.900 bits per heavy atom. The Kier molecular flexibility index (Phi) is 3.14. The van der Waals surface area contributed by atoms with Crippen LogP contribution in [0.25, 0.3) is 0 Å². The molecule has 0 aromatic carbocycles. The third-order valence-corrected chi connectivity index (χ3v) is 10.7. The number of halogens is 2. The van der Waals surface area contributed by atoms with Gasteiger partial charge in [-0.1, -0.05) is 0 Å². The normalized spacial score (nSPS) is 23.4. The standard InChI is InChI=1S/C4H12F2O2Si2/c1-7-9(3,5)10(4,6)8-2/h1-4H3. The molecule has 0 fully saturated rings. The molecule has 2 atom stereocenters. The second kappa shape index (κ2) is 3.08. The lowest BCUT2D eigenvalue weighted by Crippen LogP contribution is -2.56. The first-order valence-corrected chi connectivity index (χ1v) is 8.43. The van der Waals surface area contributed by atoms with Crippen molar-refractivity contribution in [2.75, 3.05) is 14.2 Å². The first-order chi connectivity index (χ1) is 4.37. The molecule has 0 saturated heterocycles. The van der Waals surface area contributed by atoms with Crippen molar-refractivity contribution < 1.29 is 17.1 Å². The summed E-state index contributed by atoms with van der Waals surface area (Å²) in [6, 6.07) is 0. The maximum atomic E-state index is 13.1. The number of hydrogen-bond donors (Lipinski definition) is 0. The second-order valence-corrected chi connectivity index (χ2v) is 12.1. The quantitative estimate of drug-likeness (QED) is 0.490. The Labute approximate surface area is 61.5 Å². The average molecular weight is 186 g/mol. The zero-order chi connectivity index (χ0) is 8.41. The Balaban J connectivity index is 4.28. The van der Waals surface area contributed by atoms with Crippen LogP contribution in [0, 0.1) is 0 Å². The zero-order valence-electron chi connectivity index (χ0n) is 6.57. The van der Waals surface area contributed by atoms with Gasteiger partial charge in [-0.3, -0.25) is 8.22 Å². The summed E-state index contributed by atoms with van der Waals surface area (Å²) < 4.78 is 35.0. The second-order valence-electron chi connectivity index (χ2n) is 2.24. The van der Waals surface area contributed by atoms with Crippen LogP contribution in [0.3, 0.4) is 0 Å². The molecule has 62 valence electrons. The molecular formula is C4H12F2O2Si2. The van der Waals surface area contributed by atoms with Crippen LogP contribution in [-0.4, -0.2) is 30.6 Å². The molecule has 2 unspecified atom stereocenters. The highest BCUT2D eigenvalue weighted by molar-refractivity contribution is 7.30. The Morgan fingerprint density at radius 3 is 1.20 bits per heavy atom. The van der Waals surface area contributed by atoms with E-state index in [9.17, 15) is 8.22 Å². The molecule has 0 heterocycles. The molecule has 0 bridgehead atoms. The maximum Gasteiger partial charge on any atom is 0.429 e. The van der Waals surface area contributed by atoms with Crippen molar-refractivity contribution in [2.24, 2.45) is 0 Å². The van der Waals surface area contributed by atoms with Gasteiger partial charge in [0.1, 0.15) is 0 Å². The molecule has 0 aromatic heterocycles. The molecular weight excluding hydrogens is 174 g/mol. The molecule has 10 heavy (non-hydrogen) atoms. The average Bonchev–Trinajstić information content (AvgIpc) is 1.88. The van der Waals surface area contributed by atoms with Gasteiger partial charge in [0.15, 0.2) is 0 Å². The summed E-state index contributed by atoms with van der Waals surface area (Å²) in [5, 5.41) is 0. The van der Waals surface area contributed by atoms with E-state index in [-0.39, 0.29) is 0 Å². The highest BCUT2D eigenvalue weighted by Gasteiger charge is 2.56. The van der Waals surface area contributed by atoms with E-state index in [1.54, 1.807) is 0 Å². The molecule has 0 radical (unpaired) electrons. The molecule has 0 aliphatic carbocycles. The van der Waals surface area contributed by atoms with Gasteiger partial charge in [0, 0.05) is 14.2 Å². The van der Waals surface area contributed by atoms with E-state index in [0.29, 0.717) is 0 Å². The number of rotatable bonds is 3. The van der Waals surface area contributed by atoms with Gasteiger partial charge in [-0.2, -0.15) is 0 Å². The van der Waals surface area contributed by atoms with E-state index in [0.717, 1.165) is 0 Å². The maximum absolute atomic E-state index is 13.1. The van der Waals surface area contributed by atoms with Crippen LogP contribution in [0.2, 0.25) is 13.1 Å². The third kappa shape index (κ3) is 1.85. The molecule has 0 aliphatic rings. The van der Waals surface area contributed by atoms with Crippen molar-refractivity contribution in [1.82, 2.24) is 0 Å². The Morgan fingerprint density at radius 2 is 1.10 bits per heavy atom. The minimum absolute atomic E-state index is 1.17. The van der Waals surface area contributed by atoms with Gasteiger partial charge in [-0.15, -0.1) is 0 Å². The van der Waals surface area contributed by atoms with Crippen molar-refractivity contribution in [3.8, 4) is 0 Å². The molecule has 0 saturated carbocycles. The molecule has 0 spiro atoms. The molecule has 0 N–H and O–H groups in total. The third-order valence-electron chi connectivity index (χ3n) is 1.56. The number of hydrogen-bond acceptors (Lipinski definition) is 2. The van der Waals surface area contributed by atoms with E-state index in [2.05, 4.69) is 8.85 Å². The van der Waals surface area contributed by atoms with Crippen molar-refractivity contribution in [2.45, 2.75) is 13.1 Å². The van der Waals surface area contributed by atoms with Crippen LogP contribution in [0.1, 0.15) is 0 Å². The zero-order valence-corrected chi connectivity index (χ0v) is 8.57. The van der Waals surface area contributed by atoms with Crippen LogP contribution in [0.5, 0.6) is 0 Å². The fourth-order valence-electron chi connectivity index (χ4n) is 0.365. The highest BCUT2D eigenvalue weighted by atomic mass is 29.3. The van der Waals surface area contributed by atoms with Crippen LogP contribution in [0.15, 0.2) is 0 Å². The van der Waals surface area contributed by atoms with Gasteiger partial charge in [-0.05, 0) is 13.1 Å². The fourth-order valence-corrected chi connectivity index (χ4v) is 3.28. The fraction of sp³-hybridized carbons (Fsp3) is 1.00. The summed E-state index contributed by atoms with van der Waals surface area (Å²) >= 11 is 0. The smallest absolute Gasteiger partial charge is 0.394 e. The van der Waals surface area contributed by atoms with E-state index < -0.39 is 16.3 Å². The summed E-state index contributed by atoms with van der Waals surface area (Å²) in [5.41, 5.74) is 0. The SMILES string of the molecule is CO[Si](C)(F)[Si](C)(F)OC. The van der Waals surface area contributed by atoms with Gasteiger partial charge in [0.25, 0.3) is 0 Å². The van der Waals surface area contributed by atoms with Crippen LogP contribution in [0.4, 0.5) is 8.22 Å². The topological polar surface area (TPSA) is 18.5 Å². The van der Waals surface area contributed by atoms with Crippen LogP contribution < -0.4 is 0 Å². The molecule has 0 aliphatic heterocycles. The largest absolute Gasteiger partial charge is 0.429 e. The van der Waals surface area contributed by atoms with Crippen molar-refractivity contribution >= 4 is 16.3 Å². The predicted octanol–water partition coefficient (Wildman–Crippen LogP) is 1.44. The molecule has 0 aromatic rings. The van der Waals surface area contributed by atoms with Crippen molar-refractivity contribution in [1.29, 1.82) is 0 Å². The Bertz CT molecular complexity index is 104. The molecule has 0 rings (SSSR count). The lowest BCUT2D eigenvalue weighted by atomic mass is 11.8. The minimum Gasteiger partial charge on any atom is -0.394 e. The lowest BCUT2D eigenvalue weighted by Gasteiger charge is -2.24. The van der Waals surface area contributed by atoms with Crippen molar-refractivity contribution in [3.63, 3.8) is 0 Å². The monoisotopic (exact) mass is 186 g/mol. The Hall–Kier alpha value is 0.214. The summed E-state index contributed by atoms with van der Waals surface area (Å²) in [5.74, 6) is 0. The van der Waals surface area contributed by atoms with Crippen molar-refractivity contribution in [3.05, 3.63) is 0 Å². The predicted molar refractivity (Wildman–Crippen MR) is 39.5 cm³/mol. The molecule has 0 amide bonds. The lowest BCUT2D eigenvalue weighted by molar-refractivity contribution is 0.314. The summed E-state index contributed by atoms with van der Waals surface area (Å²) in [6.07, 6.45) is 0. The van der Waals surface area contributed by atoms with Gasteiger partial charge < -0.3 is 8.85 Å². The van der Waals surface area contributed by atoms with Gasteiger partial charge >= 0.3 is 16.3 Å². The van der Waals surface area contributed by atoms with Gasteiger partial charge in [0.05, 0.1) is 0 Å². The van der Waals surface area contributed by atoms with Crippen LogP contribution >= 0.6 is 0 Å². The first kappa shape index (κ1) is 10.2. The van der Waals surface area contributed by atoms with E-state index in [4.69, 9.17) is 0 Å². The summed E-state index contributed by atoms with van der Waals surface area (Å²) in [6.45, 7) is 2.34. The van der Waals surface area contributed by atoms with Crippen LogP contribution in [-0.2, 0) is 8.85 Å².